The van der Waals surface area contributed by atoms with Crippen molar-refractivity contribution in [3.05, 3.63) is 54.2 Å². The number of nitrogens with zero attached hydrogens (tertiary/aromatic N) is 4. The van der Waals surface area contributed by atoms with Gasteiger partial charge in [-0.2, -0.15) is 5.26 Å². The van der Waals surface area contributed by atoms with E-state index in [-0.39, 0.29) is 0 Å². The molecule has 0 aliphatic carbocycles. The second-order valence-electron chi connectivity index (χ2n) is 4.56. The predicted molar refractivity (Wildman–Crippen MR) is 73.6 cm³/mol. The van der Waals surface area contributed by atoms with E-state index < -0.39 is 0 Å². The van der Waals surface area contributed by atoms with Gasteiger partial charge in [0, 0.05) is 37.2 Å². The van der Waals surface area contributed by atoms with Gasteiger partial charge in [-0.3, -0.25) is 0 Å². The minimum Gasteiger partial charge on any atom is -0.346 e. The third-order valence-electron chi connectivity index (χ3n) is 3.41. The second kappa shape index (κ2) is 4.62. The SMILES string of the molecule is Cc1nccn1CCn1ccc2ccc(C#N)cc21. The molecule has 0 spiro atoms. The minimum absolute atomic E-state index is 0.700. The Bertz CT molecular complexity index is 758. The summed E-state index contributed by atoms with van der Waals surface area (Å²) < 4.78 is 4.30. The van der Waals surface area contributed by atoms with Gasteiger partial charge in [-0.05, 0) is 30.5 Å². The average molecular weight is 250 g/mol. The first-order valence-electron chi connectivity index (χ1n) is 6.24. The van der Waals surface area contributed by atoms with E-state index in [1.165, 1.54) is 5.39 Å². The fourth-order valence-corrected chi connectivity index (χ4v) is 2.30. The van der Waals surface area contributed by atoms with Gasteiger partial charge in [0.25, 0.3) is 0 Å². The topological polar surface area (TPSA) is 46.5 Å². The molecule has 0 N–H and O–H groups in total. The first-order chi connectivity index (χ1) is 9.28. The molecule has 4 nitrogen and oxygen atoms in total. The van der Waals surface area contributed by atoms with Crippen molar-refractivity contribution in [2.75, 3.05) is 0 Å². The highest BCUT2D eigenvalue weighted by Crippen LogP contribution is 2.17. The van der Waals surface area contributed by atoms with Crippen molar-refractivity contribution < 1.29 is 0 Å². The number of aromatic nitrogens is 3. The first-order valence-corrected chi connectivity index (χ1v) is 6.24. The molecule has 0 atom stereocenters. The molecular formula is C15H14N4. The molecule has 0 saturated heterocycles. The molecule has 2 heterocycles. The minimum atomic E-state index is 0.700. The summed E-state index contributed by atoms with van der Waals surface area (Å²) in [6.07, 6.45) is 5.87. The van der Waals surface area contributed by atoms with Gasteiger partial charge in [-0.25, -0.2) is 4.98 Å². The molecule has 4 heteroatoms. The quantitative estimate of drug-likeness (QED) is 0.717. The molecule has 19 heavy (non-hydrogen) atoms. The highest BCUT2D eigenvalue weighted by molar-refractivity contribution is 5.81. The van der Waals surface area contributed by atoms with E-state index in [0.717, 1.165) is 24.4 Å². The molecule has 0 saturated carbocycles. The summed E-state index contributed by atoms with van der Waals surface area (Å²) in [5.74, 6) is 1.02. The molecule has 0 aliphatic heterocycles. The Labute approximate surface area is 111 Å². The summed E-state index contributed by atoms with van der Waals surface area (Å²) in [6, 6.07) is 10.1. The van der Waals surface area contributed by atoms with E-state index in [1.807, 2.05) is 37.5 Å². The van der Waals surface area contributed by atoms with Gasteiger partial charge < -0.3 is 9.13 Å². The first kappa shape index (κ1) is 11.5. The van der Waals surface area contributed by atoms with E-state index in [4.69, 9.17) is 5.26 Å². The summed E-state index contributed by atoms with van der Waals surface area (Å²) >= 11 is 0. The summed E-state index contributed by atoms with van der Waals surface area (Å²) in [6.45, 7) is 3.75. The molecule has 2 aromatic heterocycles. The Morgan fingerprint density at radius 3 is 2.74 bits per heavy atom. The van der Waals surface area contributed by atoms with Crippen LogP contribution in [0.2, 0.25) is 0 Å². The molecule has 3 aromatic rings. The maximum Gasteiger partial charge on any atom is 0.105 e. The fraction of sp³-hybridized carbons (Fsp3) is 0.200. The number of hydrogen-bond acceptors (Lipinski definition) is 2. The Kier molecular flexibility index (Phi) is 2.81. The Morgan fingerprint density at radius 1 is 1.16 bits per heavy atom. The molecule has 0 aliphatic rings. The van der Waals surface area contributed by atoms with Crippen molar-refractivity contribution in [2.45, 2.75) is 20.0 Å². The van der Waals surface area contributed by atoms with Crippen LogP contribution < -0.4 is 0 Å². The zero-order chi connectivity index (χ0) is 13.2. The van der Waals surface area contributed by atoms with Crippen molar-refractivity contribution in [3.63, 3.8) is 0 Å². The molecule has 0 unspecified atom stereocenters. The number of rotatable bonds is 3. The smallest absolute Gasteiger partial charge is 0.105 e. The lowest BCUT2D eigenvalue weighted by Crippen LogP contribution is -2.07. The lowest BCUT2D eigenvalue weighted by molar-refractivity contribution is 0.580. The fourth-order valence-electron chi connectivity index (χ4n) is 2.30. The van der Waals surface area contributed by atoms with Gasteiger partial charge in [0.15, 0.2) is 0 Å². The van der Waals surface area contributed by atoms with Crippen LogP contribution in [-0.2, 0) is 13.1 Å². The van der Waals surface area contributed by atoms with Crippen LogP contribution >= 0.6 is 0 Å². The zero-order valence-electron chi connectivity index (χ0n) is 10.7. The number of aryl methyl sites for hydroxylation is 3. The van der Waals surface area contributed by atoms with Crippen LogP contribution in [0.1, 0.15) is 11.4 Å². The maximum absolute atomic E-state index is 8.97. The molecule has 0 bridgehead atoms. The van der Waals surface area contributed by atoms with Crippen LogP contribution in [-0.4, -0.2) is 14.1 Å². The van der Waals surface area contributed by atoms with Crippen LogP contribution in [0.25, 0.3) is 10.9 Å². The van der Waals surface area contributed by atoms with Crippen LogP contribution in [0.4, 0.5) is 0 Å². The Morgan fingerprint density at radius 2 is 2.00 bits per heavy atom. The summed E-state index contributed by atoms with van der Waals surface area (Å²) in [4.78, 5) is 4.22. The molecule has 3 rings (SSSR count). The second-order valence-corrected chi connectivity index (χ2v) is 4.56. The number of imidazole rings is 1. The number of benzene rings is 1. The standard InChI is InChI=1S/C15H14N4/c1-12-17-5-7-18(12)8-9-19-6-4-14-3-2-13(11-16)10-15(14)19/h2-7,10H,8-9H2,1H3. The van der Waals surface area contributed by atoms with E-state index in [1.54, 1.807) is 0 Å². The summed E-state index contributed by atoms with van der Waals surface area (Å²) in [5.41, 5.74) is 1.81. The highest BCUT2D eigenvalue weighted by atomic mass is 15.1. The monoisotopic (exact) mass is 250 g/mol. The van der Waals surface area contributed by atoms with E-state index in [9.17, 15) is 0 Å². The lowest BCUT2D eigenvalue weighted by Gasteiger charge is -2.08. The van der Waals surface area contributed by atoms with Crippen molar-refractivity contribution >= 4 is 10.9 Å². The number of fused-ring (bicyclic) bond motifs is 1. The largest absolute Gasteiger partial charge is 0.346 e. The van der Waals surface area contributed by atoms with Crippen LogP contribution in [0, 0.1) is 18.3 Å². The van der Waals surface area contributed by atoms with Crippen molar-refractivity contribution in [3.8, 4) is 6.07 Å². The van der Waals surface area contributed by atoms with Gasteiger partial charge in [-0.1, -0.05) is 6.07 Å². The van der Waals surface area contributed by atoms with Crippen molar-refractivity contribution in [1.29, 1.82) is 5.26 Å². The van der Waals surface area contributed by atoms with Crippen molar-refractivity contribution in [1.82, 2.24) is 14.1 Å². The highest BCUT2D eigenvalue weighted by Gasteiger charge is 2.03. The van der Waals surface area contributed by atoms with Gasteiger partial charge in [0.1, 0.15) is 5.82 Å². The zero-order valence-corrected chi connectivity index (χ0v) is 10.7. The van der Waals surface area contributed by atoms with Crippen LogP contribution in [0.15, 0.2) is 42.9 Å². The van der Waals surface area contributed by atoms with Crippen LogP contribution in [0.3, 0.4) is 0 Å². The maximum atomic E-state index is 8.97. The Hall–Kier alpha value is -2.54. The number of hydrogen-bond donors (Lipinski definition) is 0. The third kappa shape index (κ3) is 2.11. The van der Waals surface area contributed by atoms with E-state index >= 15 is 0 Å². The third-order valence-corrected chi connectivity index (χ3v) is 3.41. The number of nitriles is 1. The van der Waals surface area contributed by atoms with Crippen molar-refractivity contribution in [2.24, 2.45) is 0 Å². The molecule has 0 fully saturated rings. The molecule has 1 aromatic carbocycles. The molecule has 0 amide bonds. The predicted octanol–water partition coefficient (Wildman–Crippen LogP) is 2.72. The summed E-state index contributed by atoms with van der Waals surface area (Å²) in [5, 5.41) is 10.1. The summed E-state index contributed by atoms with van der Waals surface area (Å²) in [7, 11) is 0. The van der Waals surface area contributed by atoms with Gasteiger partial charge in [-0.15, -0.1) is 0 Å². The lowest BCUT2D eigenvalue weighted by atomic mass is 10.2. The Balaban J connectivity index is 1.89. The van der Waals surface area contributed by atoms with Crippen LogP contribution in [0.5, 0.6) is 0 Å². The molecule has 94 valence electrons. The van der Waals surface area contributed by atoms with Gasteiger partial charge in [0.2, 0.25) is 0 Å². The van der Waals surface area contributed by atoms with E-state index in [0.29, 0.717) is 5.56 Å². The molecular weight excluding hydrogens is 236 g/mol. The van der Waals surface area contributed by atoms with E-state index in [2.05, 4.69) is 32.5 Å². The van der Waals surface area contributed by atoms with Gasteiger partial charge in [0.05, 0.1) is 11.6 Å². The average Bonchev–Trinajstić information content (AvgIpc) is 3.02. The molecule has 0 radical (unpaired) electrons. The van der Waals surface area contributed by atoms with Gasteiger partial charge >= 0.3 is 0 Å². The normalized spacial score (nSPS) is 10.7.